The van der Waals surface area contributed by atoms with E-state index in [1.807, 2.05) is 48.5 Å². The Labute approximate surface area is 169 Å². The largest absolute Gasteiger partial charge is 0.352 e. The summed E-state index contributed by atoms with van der Waals surface area (Å²) in [6.45, 7) is 0.631. The number of fused-ring (bicyclic) bond motifs is 1. The van der Waals surface area contributed by atoms with Crippen LogP contribution in [0, 0.1) is 0 Å². The van der Waals surface area contributed by atoms with Crippen LogP contribution in [-0.2, 0) is 6.42 Å². The highest BCUT2D eigenvalue weighted by Gasteiger charge is 2.08. The summed E-state index contributed by atoms with van der Waals surface area (Å²) in [5.74, 6) is 0.514. The minimum Gasteiger partial charge on any atom is -0.352 e. The van der Waals surface area contributed by atoms with Gasteiger partial charge in [-0.05, 0) is 42.7 Å². The van der Waals surface area contributed by atoms with Crippen molar-refractivity contribution in [2.24, 2.45) is 0 Å². The predicted octanol–water partition coefficient (Wildman–Crippen LogP) is 4.74. The van der Waals surface area contributed by atoms with E-state index in [0.29, 0.717) is 17.9 Å². The molecule has 4 aromatic rings. The Hall–Kier alpha value is -3.73. The monoisotopic (exact) mass is 382 g/mol. The van der Waals surface area contributed by atoms with Crippen LogP contribution >= 0.6 is 0 Å². The number of pyridine rings is 2. The van der Waals surface area contributed by atoms with Gasteiger partial charge in [0.05, 0.1) is 11.2 Å². The van der Waals surface area contributed by atoms with Gasteiger partial charge >= 0.3 is 0 Å². The molecule has 0 unspecified atom stereocenters. The number of nitrogens with zero attached hydrogens (tertiary/aromatic N) is 2. The molecule has 0 aliphatic rings. The van der Waals surface area contributed by atoms with E-state index in [-0.39, 0.29) is 5.91 Å². The standard InChI is InChI=1S/C24H22N4O/c29-24(27-15-5-9-18-7-2-1-3-8-18)20-13-16-25-22(17-20)28-21-12-4-10-19-11-6-14-26-23(19)21/h1-4,6-8,10-14,16-17H,5,9,15H2,(H,25,28)(H,27,29). The van der Waals surface area contributed by atoms with Gasteiger partial charge in [-0.2, -0.15) is 0 Å². The van der Waals surface area contributed by atoms with Crippen molar-refractivity contribution in [3.05, 3.63) is 96.3 Å². The van der Waals surface area contributed by atoms with Crippen LogP contribution in [0.15, 0.2) is 85.2 Å². The molecule has 144 valence electrons. The number of carbonyl (C=O) groups is 1. The average molecular weight is 382 g/mol. The summed E-state index contributed by atoms with van der Waals surface area (Å²) in [6, 6.07) is 23.6. The maximum absolute atomic E-state index is 12.5. The molecule has 0 aliphatic heterocycles. The predicted molar refractivity (Wildman–Crippen MR) is 116 cm³/mol. The highest BCUT2D eigenvalue weighted by Crippen LogP contribution is 2.23. The first-order chi connectivity index (χ1) is 14.3. The van der Waals surface area contributed by atoms with Gasteiger partial charge in [0.2, 0.25) is 0 Å². The summed E-state index contributed by atoms with van der Waals surface area (Å²) in [6.07, 6.45) is 5.24. The van der Waals surface area contributed by atoms with Crippen molar-refractivity contribution < 1.29 is 4.79 Å². The maximum atomic E-state index is 12.5. The van der Waals surface area contributed by atoms with Crippen molar-refractivity contribution in [1.82, 2.24) is 15.3 Å². The van der Waals surface area contributed by atoms with Crippen LogP contribution in [0.25, 0.3) is 10.9 Å². The van der Waals surface area contributed by atoms with E-state index in [1.165, 1.54) is 5.56 Å². The highest BCUT2D eigenvalue weighted by molar-refractivity contribution is 5.95. The Morgan fingerprint density at radius 1 is 0.862 bits per heavy atom. The molecule has 2 aromatic heterocycles. The maximum Gasteiger partial charge on any atom is 0.251 e. The lowest BCUT2D eigenvalue weighted by Crippen LogP contribution is -2.24. The first-order valence-corrected chi connectivity index (χ1v) is 9.68. The molecule has 2 N–H and O–H groups in total. The SMILES string of the molecule is O=C(NCCCc1ccccc1)c1ccnc(Nc2cccc3cccnc23)c1. The summed E-state index contributed by atoms with van der Waals surface area (Å²) in [7, 11) is 0. The number of aromatic nitrogens is 2. The van der Waals surface area contributed by atoms with E-state index >= 15 is 0 Å². The Balaban J connectivity index is 1.38. The third-order valence-electron chi connectivity index (χ3n) is 4.69. The van der Waals surface area contributed by atoms with Crippen molar-refractivity contribution in [3.8, 4) is 0 Å². The molecule has 2 heterocycles. The van der Waals surface area contributed by atoms with Gasteiger partial charge in [0.25, 0.3) is 5.91 Å². The van der Waals surface area contributed by atoms with Crippen molar-refractivity contribution in [2.45, 2.75) is 12.8 Å². The number of anilines is 2. The number of para-hydroxylation sites is 1. The van der Waals surface area contributed by atoms with Crippen LogP contribution in [0.3, 0.4) is 0 Å². The average Bonchev–Trinajstić information content (AvgIpc) is 2.78. The van der Waals surface area contributed by atoms with Crippen molar-refractivity contribution >= 4 is 28.3 Å². The van der Waals surface area contributed by atoms with Crippen LogP contribution in [0.2, 0.25) is 0 Å². The highest BCUT2D eigenvalue weighted by atomic mass is 16.1. The van der Waals surface area contributed by atoms with Gasteiger partial charge < -0.3 is 10.6 Å². The zero-order chi connectivity index (χ0) is 19.9. The minimum absolute atomic E-state index is 0.0976. The van der Waals surface area contributed by atoms with Crippen LogP contribution in [0.5, 0.6) is 0 Å². The lowest BCUT2D eigenvalue weighted by Gasteiger charge is -2.10. The van der Waals surface area contributed by atoms with Gasteiger partial charge in [0, 0.05) is 29.9 Å². The number of aryl methyl sites for hydroxylation is 1. The van der Waals surface area contributed by atoms with E-state index < -0.39 is 0 Å². The van der Waals surface area contributed by atoms with Crippen molar-refractivity contribution in [2.75, 3.05) is 11.9 Å². The minimum atomic E-state index is -0.0976. The number of nitrogens with one attached hydrogen (secondary N) is 2. The first-order valence-electron chi connectivity index (χ1n) is 9.68. The molecule has 5 heteroatoms. The van der Waals surface area contributed by atoms with Gasteiger partial charge in [-0.15, -0.1) is 0 Å². The van der Waals surface area contributed by atoms with Gasteiger partial charge in [-0.3, -0.25) is 9.78 Å². The summed E-state index contributed by atoms with van der Waals surface area (Å²) in [4.78, 5) is 21.3. The molecular formula is C24H22N4O. The van der Waals surface area contributed by atoms with E-state index in [2.05, 4.69) is 32.7 Å². The quantitative estimate of drug-likeness (QED) is 0.453. The molecule has 0 bridgehead atoms. The smallest absolute Gasteiger partial charge is 0.251 e. The van der Waals surface area contributed by atoms with Crippen LogP contribution in [-0.4, -0.2) is 22.4 Å². The fourth-order valence-electron chi connectivity index (χ4n) is 3.22. The van der Waals surface area contributed by atoms with Gasteiger partial charge in [-0.25, -0.2) is 4.98 Å². The van der Waals surface area contributed by atoms with E-state index in [9.17, 15) is 4.79 Å². The zero-order valence-electron chi connectivity index (χ0n) is 16.0. The second-order valence-electron chi connectivity index (χ2n) is 6.78. The fraction of sp³-hybridized carbons (Fsp3) is 0.125. The number of amides is 1. The van der Waals surface area contributed by atoms with Crippen molar-refractivity contribution in [3.63, 3.8) is 0 Å². The second-order valence-corrected chi connectivity index (χ2v) is 6.78. The number of hydrogen-bond donors (Lipinski definition) is 2. The molecule has 0 radical (unpaired) electrons. The molecule has 29 heavy (non-hydrogen) atoms. The molecule has 0 atom stereocenters. The van der Waals surface area contributed by atoms with Crippen molar-refractivity contribution in [1.29, 1.82) is 0 Å². The summed E-state index contributed by atoms with van der Waals surface area (Å²) < 4.78 is 0. The lowest BCUT2D eigenvalue weighted by molar-refractivity contribution is 0.0953. The molecule has 0 fully saturated rings. The molecule has 0 spiro atoms. The third-order valence-corrected chi connectivity index (χ3v) is 4.69. The molecular weight excluding hydrogens is 360 g/mol. The summed E-state index contributed by atoms with van der Waals surface area (Å²) >= 11 is 0. The summed E-state index contributed by atoms with van der Waals surface area (Å²) in [5, 5.41) is 7.31. The van der Waals surface area contributed by atoms with Crippen LogP contribution < -0.4 is 10.6 Å². The number of rotatable bonds is 7. The van der Waals surface area contributed by atoms with E-state index in [1.54, 1.807) is 24.5 Å². The van der Waals surface area contributed by atoms with E-state index in [0.717, 1.165) is 29.4 Å². The molecule has 2 aromatic carbocycles. The van der Waals surface area contributed by atoms with Gasteiger partial charge in [0.1, 0.15) is 5.82 Å². The Bertz CT molecular complexity index is 1110. The van der Waals surface area contributed by atoms with Gasteiger partial charge in [0.15, 0.2) is 0 Å². The molecule has 1 amide bonds. The molecule has 0 saturated heterocycles. The van der Waals surface area contributed by atoms with Gasteiger partial charge in [-0.1, -0.05) is 48.5 Å². The zero-order valence-corrected chi connectivity index (χ0v) is 16.0. The van der Waals surface area contributed by atoms with E-state index in [4.69, 9.17) is 0 Å². The molecule has 4 rings (SSSR count). The number of benzene rings is 2. The number of carbonyl (C=O) groups excluding carboxylic acids is 1. The lowest BCUT2D eigenvalue weighted by atomic mass is 10.1. The third kappa shape index (κ3) is 4.76. The summed E-state index contributed by atoms with van der Waals surface area (Å²) in [5.41, 5.74) is 3.58. The molecule has 5 nitrogen and oxygen atoms in total. The first kappa shape index (κ1) is 18.6. The molecule has 0 aliphatic carbocycles. The Kier molecular flexibility index (Phi) is 5.76. The molecule has 0 saturated carbocycles. The Morgan fingerprint density at radius 3 is 2.62 bits per heavy atom. The van der Waals surface area contributed by atoms with Crippen LogP contribution in [0.1, 0.15) is 22.3 Å². The number of hydrogen-bond acceptors (Lipinski definition) is 4. The fourth-order valence-corrected chi connectivity index (χ4v) is 3.22. The second kappa shape index (κ2) is 8.97. The van der Waals surface area contributed by atoms with Crippen LogP contribution in [0.4, 0.5) is 11.5 Å². The Morgan fingerprint density at radius 2 is 1.72 bits per heavy atom. The normalized spacial score (nSPS) is 10.6. The topological polar surface area (TPSA) is 66.9 Å².